The van der Waals surface area contributed by atoms with Crippen molar-refractivity contribution in [3.8, 4) is 17.0 Å². The van der Waals surface area contributed by atoms with E-state index in [1.165, 1.54) is 11.6 Å². The summed E-state index contributed by atoms with van der Waals surface area (Å²) in [6.45, 7) is 2.52. The highest BCUT2D eigenvalue weighted by Crippen LogP contribution is 2.18. The maximum atomic E-state index is 12.0. The van der Waals surface area contributed by atoms with Gasteiger partial charge in [0.05, 0.1) is 11.9 Å². The smallest absolute Gasteiger partial charge is 0.252 e. The number of rotatable bonds is 7. The van der Waals surface area contributed by atoms with Crippen molar-refractivity contribution in [1.82, 2.24) is 9.97 Å². The number of para-hydroxylation sites is 1. The predicted molar refractivity (Wildman–Crippen MR) is 123 cm³/mol. The van der Waals surface area contributed by atoms with Crippen molar-refractivity contribution < 1.29 is 4.74 Å². The SMILES string of the molecule is Cc1ccc(COc2ccccc2/C=N/Nc2nc(-c3ccccc3)cc(=O)[nH]2)cc1. The largest absolute Gasteiger partial charge is 0.488 e. The molecule has 0 radical (unpaired) electrons. The van der Waals surface area contributed by atoms with Crippen LogP contribution in [-0.4, -0.2) is 16.2 Å². The summed E-state index contributed by atoms with van der Waals surface area (Å²) in [4.78, 5) is 19.1. The third-order valence-electron chi connectivity index (χ3n) is 4.62. The highest BCUT2D eigenvalue weighted by Gasteiger charge is 2.04. The lowest BCUT2D eigenvalue weighted by Gasteiger charge is -2.09. The third kappa shape index (κ3) is 5.45. The standard InChI is InChI=1S/C25H22N4O2/c1-18-11-13-19(14-12-18)17-31-23-10-6-5-9-21(23)16-26-29-25-27-22(15-24(30)28-25)20-7-3-2-4-8-20/h2-16H,17H2,1H3,(H2,27,28,29,30)/b26-16+. The molecule has 154 valence electrons. The molecule has 2 N–H and O–H groups in total. The number of aromatic nitrogens is 2. The van der Waals surface area contributed by atoms with Crippen molar-refractivity contribution in [3.63, 3.8) is 0 Å². The first-order valence-corrected chi connectivity index (χ1v) is 9.90. The fraction of sp³-hybridized carbons (Fsp3) is 0.0800. The number of anilines is 1. The minimum atomic E-state index is -0.256. The highest BCUT2D eigenvalue weighted by atomic mass is 16.5. The van der Waals surface area contributed by atoms with Crippen LogP contribution in [0.3, 0.4) is 0 Å². The Labute approximate surface area is 180 Å². The van der Waals surface area contributed by atoms with Crippen molar-refractivity contribution >= 4 is 12.2 Å². The number of hydrogen-bond acceptors (Lipinski definition) is 5. The maximum Gasteiger partial charge on any atom is 0.252 e. The Morgan fingerprint density at radius 3 is 2.55 bits per heavy atom. The maximum absolute atomic E-state index is 12.0. The van der Waals surface area contributed by atoms with Crippen molar-refractivity contribution in [1.29, 1.82) is 0 Å². The number of nitrogens with zero attached hydrogens (tertiary/aromatic N) is 2. The molecule has 0 atom stereocenters. The van der Waals surface area contributed by atoms with E-state index < -0.39 is 0 Å². The summed E-state index contributed by atoms with van der Waals surface area (Å²) in [6.07, 6.45) is 1.64. The van der Waals surface area contributed by atoms with Gasteiger partial charge in [-0.1, -0.05) is 72.3 Å². The summed E-state index contributed by atoms with van der Waals surface area (Å²) in [5.41, 5.74) is 7.09. The molecule has 0 aliphatic rings. The molecule has 0 aliphatic carbocycles. The number of benzene rings is 3. The molecule has 0 bridgehead atoms. The molecule has 6 nitrogen and oxygen atoms in total. The van der Waals surface area contributed by atoms with E-state index in [4.69, 9.17) is 4.74 Å². The van der Waals surface area contributed by atoms with E-state index in [9.17, 15) is 4.79 Å². The Bertz CT molecular complexity index is 1230. The van der Waals surface area contributed by atoms with Gasteiger partial charge in [0, 0.05) is 17.2 Å². The number of aromatic amines is 1. The zero-order chi connectivity index (χ0) is 21.5. The third-order valence-corrected chi connectivity index (χ3v) is 4.62. The monoisotopic (exact) mass is 410 g/mol. The molecule has 0 spiro atoms. The molecule has 6 heteroatoms. The van der Waals surface area contributed by atoms with Gasteiger partial charge in [0.25, 0.3) is 5.56 Å². The zero-order valence-corrected chi connectivity index (χ0v) is 17.1. The number of H-pyrrole nitrogens is 1. The number of aryl methyl sites for hydroxylation is 1. The molecule has 3 aromatic carbocycles. The second-order valence-electron chi connectivity index (χ2n) is 7.03. The lowest BCUT2D eigenvalue weighted by atomic mass is 10.1. The summed E-state index contributed by atoms with van der Waals surface area (Å²) >= 11 is 0. The van der Waals surface area contributed by atoms with Crippen molar-refractivity contribution in [3.05, 3.63) is 112 Å². The van der Waals surface area contributed by atoms with E-state index in [-0.39, 0.29) is 11.5 Å². The average Bonchev–Trinajstić information content (AvgIpc) is 2.80. The van der Waals surface area contributed by atoms with E-state index in [1.807, 2.05) is 54.6 Å². The Morgan fingerprint density at radius 1 is 1.00 bits per heavy atom. The Morgan fingerprint density at radius 2 is 1.74 bits per heavy atom. The molecule has 1 aromatic heterocycles. The summed E-state index contributed by atoms with van der Waals surface area (Å²) in [5, 5.41) is 4.23. The van der Waals surface area contributed by atoms with Gasteiger partial charge in [-0.15, -0.1) is 0 Å². The van der Waals surface area contributed by atoms with E-state index >= 15 is 0 Å². The van der Waals surface area contributed by atoms with E-state index in [1.54, 1.807) is 6.21 Å². The Balaban J connectivity index is 1.46. The first kappa shape index (κ1) is 20.1. The van der Waals surface area contributed by atoms with Gasteiger partial charge in [-0.25, -0.2) is 10.4 Å². The van der Waals surface area contributed by atoms with Crippen molar-refractivity contribution in [2.45, 2.75) is 13.5 Å². The van der Waals surface area contributed by atoms with Crippen LogP contribution in [0.2, 0.25) is 0 Å². The Kier molecular flexibility index (Phi) is 6.18. The van der Waals surface area contributed by atoms with Gasteiger partial charge in [-0.05, 0) is 24.6 Å². The predicted octanol–water partition coefficient (Wildman–Crippen LogP) is 4.77. The molecule has 1 heterocycles. The first-order valence-electron chi connectivity index (χ1n) is 9.90. The lowest BCUT2D eigenvalue weighted by Crippen LogP contribution is -2.10. The molecule has 0 unspecified atom stereocenters. The summed E-state index contributed by atoms with van der Waals surface area (Å²) < 4.78 is 5.97. The second kappa shape index (κ2) is 9.54. The number of ether oxygens (including phenoxy) is 1. The van der Waals surface area contributed by atoms with Crippen LogP contribution in [0.5, 0.6) is 5.75 Å². The van der Waals surface area contributed by atoms with E-state index in [0.29, 0.717) is 18.1 Å². The zero-order valence-electron chi connectivity index (χ0n) is 17.1. The van der Waals surface area contributed by atoms with Gasteiger partial charge in [0.15, 0.2) is 0 Å². The fourth-order valence-corrected chi connectivity index (χ4v) is 2.99. The summed E-state index contributed by atoms with van der Waals surface area (Å²) in [6, 6.07) is 26.8. The topological polar surface area (TPSA) is 79.4 Å². The van der Waals surface area contributed by atoms with E-state index in [0.717, 1.165) is 16.7 Å². The minimum Gasteiger partial charge on any atom is -0.488 e. The number of hydrazone groups is 1. The van der Waals surface area contributed by atoms with Crippen LogP contribution in [0.1, 0.15) is 16.7 Å². The normalized spacial score (nSPS) is 10.9. The number of nitrogens with one attached hydrogen (secondary N) is 2. The average molecular weight is 410 g/mol. The molecule has 0 saturated heterocycles. The molecular weight excluding hydrogens is 388 g/mol. The number of hydrogen-bond donors (Lipinski definition) is 2. The lowest BCUT2D eigenvalue weighted by molar-refractivity contribution is 0.306. The van der Waals surface area contributed by atoms with Gasteiger partial charge < -0.3 is 4.74 Å². The highest BCUT2D eigenvalue weighted by molar-refractivity contribution is 5.83. The molecular formula is C25H22N4O2. The summed E-state index contributed by atoms with van der Waals surface area (Å²) in [5.74, 6) is 0.980. The minimum absolute atomic E-state index is 0.256. The van der Waals surface area contributed by atoms with E-state index in [2.05, 4.69) is 51.7 Å². The van der Waals surface area contributed by atoms with Crippen LogP contribution >= 0.6 is 0 Å². The van der Waals surface area contributed by atoms with Crippen LogP contribution in [0, 0.1) is 6.92 Å². The van der Waals surface area contributed by atoms with Gasteiger partial charge in [-0.3, -0.25) is 9.78 Å². The fourth-order valence-electron chi connectivity index (χ4n) is 2.99. The molecule has 0 saturated carbocycles. The van der Waals surface area contributed by atoms with Gasteiger partial charge in [-0.2, -0.15) is 5.10 Å². The molecule has 0 amide bonds. The Hall–Kier alpha value is -4.19. The molecule has 4 rings (SSSR count). The quantitative estimate of drug-likeness (QED) is 0.340. The molecule has 0 fully saturated rings. The van der Waals surface area contributed by atoms with Gasteiger partial charge in [0.2, 0.25) is 5.95 Å². The van der Waals surface area contributed by atoms with Gasteiger partial charge in [0.1, 0.15) is 12.4 Å². The first-order chi connectivity index (χ1) is 15.2. The summed E-state index contributed by atoms with van der Waals surface area (Å²) in [7, 11) is 0. The molecule has 4 aromatic rings. The van der Waals surface area contributed by atoms with Crippen LogP contribution in [0.4, 0.5) is 5.95 Å². The van der Waals surface area contributed by atoms with Crippen LogP contribution < -0.4 is 15.7 Å². The second-order valence-corrected chi connectivity index (χ2v) is 7.03. The van der Waals surface area contributed by atoms with Gasteiger partial charge >= 0.3 is 0 Å². The van der Waals surface area contributed by atoms with Crippen LogP contribution in [0.15, 0.2) is 94.8 Å². The van der Waals surface area contributed by atoms with Crippen molar-refractivity contribution in [2.75, 3.05) is 5.43 Å². The van der Waals surface area contributed by atoms with Crippen LogP contribution in [0.25, 0.3) is 11.3 Å². The molecule has 31 heavy (non-hydrogen) atoms. The van der Waals surface area contributed by atoms with Crippen molar-refractivity contribution in [2.24, 2.45) is 5.10 Å². The molecule has 0 aliphatic heterocycles. The van der Waals surface area contributed by atoms with Crippen LogP contribution in [-0.2, 0) is 6.61 Å².